The minimum atomic E-state index is 0.815. The third-order valence-corrected chi connectivity index (χ3v) is 3.48. The maximum Gasteiger partial charge on any atom is 0.138 e. The molecule has 2 aromatic heterocycles. The number of nitrogens with one attached hydrogen (secondary N) is 1. The Morgan fingerprint density at radius 3 is 2.65 bits per heavy atom. The second kappa shape index (κ2) is 5.37. The maximum atomic E-state index is 4.69. The normalized spacial score (nSPS) is 10.9. The number of hydrogen-bond acceptors (Lipinski definition) is 2. The van der Waals surface area contributed by atoms with Crippen LogP contribution >= 0.6 is 0 Å². The number of benzene rings is 1. The minimum absolute atomic E-state index is 0.815. The Kier molecular flexibility index (Phi) is 3.42. The summed E-state index contributed by atoms with van der Waals surface area (Å²) >= 11 is 0. The predicted molar refractivity (Wildman–Crippen MR) is 83.1 cm³/mol. The Labute approximate surface area is 119 Å². The molecule has 3 heteroatoms. The van der Waals surface area contributed by atoms with Gasteiger partial charge in [-0.2, -0.15) is 0 Å². The lowest BCUT2D eigenvalue weighted by molar-refractivity contribution is 1.03. The summed E-state index contributed by atoms with van der Waals surface area (Å²) in [6, 6.07) is 14.6. The first kappa shape index (κ1) is 12.7. The smallest absolute Gasteiger partial charge is 0.138 e. The zero-order chi connectivity index (χ0) is 13.9. The van der Waals surface area contributed by atoms with Gasteiger partial charge in [-0.3, -0.25) is 4.40 Å². The van der Waals surface area contributed by atoms with Crippen molar-refractivity contribution in [2.45, 2.75) is 26.8 Å². The first-order valence-electron chi connectivity index (χ1n) is 7.03. The Morgan fingerprint density at radius 2 is 1.90 bits per heavy atom. The summed E-state index contributed by atoms with van der Waals surface area (Å²) in [6.45, 7) is 5.06. The van der Waals surface area contributed by atoms with Gasteiger partial charge in [0.05, 0.1) is 5.69 Å². The number of aryl methyl sites for hydroxylation is 2. The highest BCUT2D eigenvalue weighted by Gasteiger charge is 2.10. The van der Waals surface area contributed by atoms with E-state index < -0.39 is 0 Å². The van der Waals surface area contributed by atoms with Gasteiger partial charge in [0.2, 0.25) is 0 Å². The first-order valence-corrected chi connectivity index (χ1v) is 7.03. The fourth-order valence-electron chi connectivity index (χ4n) is 2.41. The lowest BCUT2D eigenvalue weighted by Gasteiger charge is -2.08. The molecule has 0 spiro atoms. The summed E-state index contributed by atoms with van der Waals surface area (Å²) < 4.78 is 2.15. The molecule has 3 rings (SSSR count). The molecule has 0 fully saturated rings. The van der Waals surface area contributed by atoms with Crippen LogP contribution in [0.4, 0.5) is 5.82 Å². The molecule has 0 radical (unpaired) electrons. The number of hydrogen-bond donors (Lipinski definition) is 1. The van der Waals surface area contributed by atoms with Crippen LogP contribution in [0.1, 0.15) is 23.7 Å². The van der Waals surface area contributed by atoms with Crippen LogP contribution < -0.4 is 5.32 Å². The average molecular weight is 265 g/mol. The van der Waals surface area contributed by atoms with Crippen molar-refractivity contribution in [3.8, 4) is 0 Å². The monoisotopic (exact) mass is 265 g/mol. The van der Waals surface area contributed by atoms with E-state index in [0.717, 1.165) is 30.1 Å². The SMILES string of the molecule is CCc1nc2ccc(C)cn2c1NCc1ccccc1. The summed E-state index contributed by atoms with van der Waals surface area (Å²) in [4.78, 5) is 4.69. The lowest BCUT2D eigenvalue weighted by atomic mass is 10.2. The number of pyridine rings is 1. The third kappa shape index (κ3) is 2.39. The quantitative estimate of drug-likeness (QED) is 0.777. The molecule has 3 nitrogen and oxygen atoms in total. The standard InChI is InChI=1S/C17H19N3/c1-3-15-17(18-11-14-7-5-4-6-8-14)20-12-13(2)9-10-16(20)19-15/h4-10,12,18H,3,11H2,1-2H3. The van der Waals surface area contributed by atoms with Crippen molar-refractivity contribution >= 4 is 11.5 Å². The van der Waals surface area contributed by atoms with Crippen molar-refractivity contribution in [3.05, 3.63) is 65.5 Å². The molecular weight excluding hydrogens is 246 g/mol. The van der Waals surface area contributed by atoms with Gasteiger partial charge in [-0.1, -0.05) is 43.3 Å². The zero-order valence-corrected chi connectivity index (χ0v) is 11.9. The van der Waals surface area contributed by atoms with E-state index in [4.69, 9.17) is 0 Å². The van der Waals surface area contributed by atoms with Crippen molar-refractivity contribution in [3.63, 3.8) is 0 Å². The molecule has 1 aromatic carbocycles. The van der Waals surface area contributed by atoms with E-state index >= 15 is 0 Å². The summed E-state index contributed by atoms with van der Waals surface area (Å²) in [5.74, 6) is 1.11. The van der Waals surface area contributed by atoms with Gasteiger partial charge in [0.25, 0.3) is 0 Å². The van der Waals surface area contributed by atoms with Gasteiger partial charge in [0, 0.05) is 12.7 Å². The molecule has 0 unspecified atom stereocenters. The van der Waals surface area contributed by atoms with Gasteiger partial charge < -0.3 is 5.32 Å². The van der Waals surface area contributed by atoms with Crippen molar-refractivity contribution in [1.29, 1.82) is 0 Å². The van der Waals surface area contributed by atoms with E-state index in [2.05, 4.69) is 71.1 Å². The lowest BCUT2D eigenvalue weighted by Crippen LogP contribution is -2.04. The van der Waals surface area contributed by atoms with Crippen LogP contribution in [0.3, 0.4) is 0 Å². The molecular formula is C17H19N3. The predicted octanol–water partition coefficient (Wildman–Crippen LogP) is 3.82. The van der Waals surface area contributed by atoms with Crippen molar-refractivity contribution in [2.75, 3.05) is 5.32 Å². The van der Waals surface area contributed by atoms with Gasteiger partial charge >= 0.3 is 0 Å². The highest BCUT2D eigenvalue weighted by molar-refractivity contribution is 5.56. The fourth-order valence-corrected chi connectivity index (χ4v) is 2.41. The largest absolute Gasteiger partial charge is 0.366 e. The van der Waals surface area contributed by atoms with Gasteiger partial charge in [0.1, 0.15) is 11.5 Å². The van der Waals surface area contributed by atoms with E-state index in [0.29, 0.717) is 0 Å². The van der Waals surface area contributed by atoms with Crippen LogP contribution in [0.2, 0.25) is 0 Å². The zero-order valence-electron chi connectivity index (χ0n) is 11.9. The van der Waals surface area contributed by atoms with Gasteiger partial charge in [-0.25, -0.2) is 4.98 Å². The van der Waals surface area contributed by atoms with Gasteiger partial charge in [-0.05, 0) is 30.5 Å². The Hall–Kier alpha value is -2.29. The highest BCUT2D eigenvalue weighted by Crippen LogP contribution is 2.20. The molecule has 2 heterocycles. The van der Waals surface area contributed by atoms with E-state index in [1.165, 1.54) is 11.1 Å². The molecule has 1 N–H and O–H groups in total. The highest BCUT2D eigenvalue weighted by atomic mass is 15.1. The first-order chi connectivity index (χ1) is 9.78. The fraction of sp³-hybridized carbons (Fsp3) is 0.235. The van der Waals surface area contributed by atoms with E-state index in [-0.39, 0.29) is 0 Å². The van der Waals surface area contributed by atoms with Gasteiger partial charge in [-0.15, -0.1) is 0 Å². The molecule has 3 aromatic rings. The Bertz CT molecular complexity index is 714. The Balaban J connectivity index is 1.95. The van der Waals surface area contributed by atoms with Crippen LogP contribution in [0.15, 0.2) is 48.7 Å². The van der Waals surface area contributed by atoms with Crippen LogP contribution in [0.25, 0.3) is 5.65 Å². The molecule has 0 aliphatic rings. The third-order valence-electron chi connectivity index (χ3n) is 3.48. The Morgan fingerprint density at radius 1 is 1.10 bits per heavy atom. The molecule has 0 aliphatic carbocycles. The molecule has 0 bridgehead atoms. The van der Waals surface area contributed by atoms with Crippen molar-refractivity contribution in [2.24, 2.45) is 0 Å². The molecule has 0 atom stereocenters. The summed E-state index contributed by atoms with van der Waals surface area (Å²) in [5, 5.41) is 3.53. The maximum absolute atomic E-state index is 4.69. The second-order valence-electron chi connectivity index (χ2n) is 5.03. The van der Waals surface area contributed by atoms with E-state index in [1.54, 1.807) is 0 Å². The molecule has 102 valence electrons. The number of nitrogens with zero attached hydrogens (tertiary/aromatic N) is 2. The van der Waals surface area contributed by atoms with Gasteiger partial charge in [0.15, 0.2) is 0 Å². The average Bonchev–Trinajstić information content (AvgIpc) is 2.83. The van der Waals surface area contributed by atoms with E-state index in [9.17, 15) is 0 Å². The molecule has 0 amide bonds. The molecule has 0 saturated carbocycles. The molecule has 0 saturated heterocycles. The van der Waals surface area contributed by atoms with Crippen LogP contribution in [0.5, 0.6) is 0 Å². The number of rotatable bonds is 4. The summed E-state index contributed by atoms with van der Waals surface area (Å²) in [7, 11) is 0. The summed E-state index contributed by atoms with van der Waals surface area (Å²) in [5.41, 5.74) is 4.63. The van der Waals surface area contributed by atoms with Crippen molar-refractivity contribution < 1.29 is 0 Å². The minimum Gasteiger partial charge on any atom is -0.366 e. The van der Waals surface area contributed by atoms with Crippen LogP contribution in [-0.4, -0.2) is 9.38 Å². The number of fused-ring (bicyclic) bond motifs is 1. The van der Waals surface area contributed by atoms with Crippen LogP contribution in [-0.2, 0) is 13.0 Å². The topological polar surface area (TPSA) is 29.3 Å². The molecule has 0 aliphatic heterocycles. The van der Waals surface area contributed by atoms with Crippen molar-refractivity contribution in [1.82, 2.24) is 9.38 Å². The number of anilines is 1. The van der Waals surface area contributed by atoms with Crippen LogP contribution in [0, 0.1) is 6.92 Å². The number of imidazole rings is 1. The second-order valence-corrected chi connectivity index (χ2v) is 5.03. The number of aromatic nitrogens is 2. The molecule has 20 heavy (non-hydrogen) atoms. The summed E-state index contributed by atoms with van der Waals surface area (Å²) in [6.07, 6.45) is 3.06. The van der Waals surface area contributed by atoms with E-state index in [1.807, 2.05) is 6.07 Å².